The summed E-state index contributed by atoms with van der Waals surface area (Å²) in [6, 6.07) is 11.0. The second kappa shape index (κ2) is 6.98. The summed E-state index contributed by atoms with van der Waals surface area (Å²) >= 11 is 5.78. The SMILES string of the molecule is Cc1cc(F)ccc1CC(NN)c1cc(Br)ccc1I. The lowest BCUT2D eigenvalue weighted by Gasteiger charge is -2.19. The molecule has 5 heteroatoms. The number of benzene rings is 2. The van der Waals surface area contributed by atoms with E-state index in [1.54, 1.807) is 6.07 Å². The molecule has 1 unspecified atom stereocenters. The van der Waals surface area contributed by atoms with E-state index in [1.807, 2.05) is 25.1 Å². The summed E-state index contributed by atoms with van der Waals surface area (Å²) < 4.78 is 15.3. The predicted molar refractivity (Wildman–Crippen MR) is 91.8 cm³/mol. The zero-order chi connectivity index (χ0) is 14.7. The highest BCUT2D eigenvalue weighted by Crippen LogP contribution is 2.27. The summed E-state index contributed by atoms with van der Waals surface area (Å²) in [5, 5.41) is 0. The monoisotopic (exact) mass is 448 g/mol. The predicted octanol–water partition coefficient (Wildman–Crippen LogP) is 4.25. The third-order valence-electron chi connectivity index (χ3n) is 3.26. The van der Waals surface area contributed by atoms with E-state index >= 15 is 0 Å². The molecule has 0 aliphatic carbocycles. The molecule has 2 rings (SSSR count). The molecular formula is C15H15BrFIN2. The molecule has 2 nitrogen and oxygen atoms in total. The van der Waals surface area contributed by atoms with Crippen molar-refractivity contribution in [3.05, 3.63) is 66.9 Å². The zero-order valence-electron chi connectivity index (χ0n) is 11.0. The molecule has 0 aromatic heterocycles. The van der Waals surface area contributed by atoms with Crippen LogP contribution in [-0.2, 0) is 6.42 Å². The minimum atomic E-state index is -0.208. The van der Waals surface area contributed by atoms with Crippen LogP contribution in [0.15, 0.2) is 40.9 Å². The number of hydrazine groups is 1. The van der Waals surface area contributed by atoms with Crippen LogP contribution in [0, 0.1) is 16.3 Å². The molecule has 0 spiro atoms. The van der Waals surface area contributed by atoms with Crippen LogP contribution in [0.5, 0.6) is 0 Å². The number of nitrogens with two attached hydrogens (primary N) is 1. The van der Waals surface area contributed by atoms with E-state index in [2.05, 4.69) is 50.0 Å². The summed E-state index contributed by atoms with van der Waals surface area (Å²) in [6.07, 6.45) is 0.717. The maximum Gasteiger partial charge on any atom is 0.123 e. The fourth-order valence-electron chi connectivity index (χ4n) is 2.15. The van der Waals surface area contributed by atoms with Gasteiger partial charge in [0.2, 0.25) is 0 Å². The van der Waals surface area contributed by atoms with Gasteiger partial charge in [-0.1, -0.05) is 22.0 Å². The standard InChI is InChI=1S/C15H15BrFIN2/c1-9-6-12(17)4-2-10(9)7-15(20-19)13-8-11(16)3-5-14(13)18/h2-6,8,15,20H,7,19H2,1H3. The van der Waals surface area contributed by atoms with Crippen LogP contribution in [0.1, 0.15) is 22.7 Å². The van der Waals surface area contributed by atoms with Crippen molar-refractivity contribution in [3.8, 4) is 0 Å². The van der Waals surface area contributed by atoms with Crippen molar-refractivity contribution in [2.75, 3.05) is 0 Å². The van der Waals surface area contributed by atoms with Crippen LogP contribution in [0.2, 0.25) is 0 Å². The summed E-state index contributed by atoms with van der Waals surface area (Å²) in [5.41, 5.74) is 6.02. The topological polar surface area (TPSA) is 38.0 Å². The average molecular weight is 449 g/mol. The summed E-state index contributed by atoms with van der Waals surface area (Å²) in [5.74, 6) is 5.50. The molecule has 3 N–H and O–H groups in total. The van der Waals surface area contributed by atoms with E-state index in [0.717, 1.165) is 31.2 Å². The van der Waals surface area contributed by atoms with E-state index in [0.29, 0.717) is 0 Å². The van der Waals surface area contributed by atoms with Crippen LogP contribution in [0.25, 0.3) is 0 Å². The highest BCUT2D eigenvalue weighted by Gasteiger charge is 2.15. The molecule has 0 fully saturated rings. The van der Waals surface area contributed by atoms with Gasteiger partial charge < -0.3 is 0 Å². The first-order valence-corrected chi connectivity index (χ1v) is 8.04. The summed E-state index contributed by atoms with van der Waals surface area (Å²) in [4.78, 5) is 0. The number of hydrogen-bond acceptors (Lipinski definition) is 2. The largest absolute Gasteiger partial charge is 0.271 e. The Morgan fingerprint density at radius 3 is 2.70 bits per heavy atom. The molecule has 0 heterocycles. The lowest BCUT2D eigenvalue weighted by Crippen LogP contribution is -2.30. The van der Waals surface area contributed by atoms with Crippen LogP contribution in [-0.4, -0.2) is 0 Å². The van der Waals surface area contributed by atoms with Crippen molar-refractivity contribution in [3.63, 3.8) is 0 Å². The first-order chi connectivity index (χ1) is 9.51. The molecule has 0 saturated carbocycles. The van der Waals surface area contributed by atoms with Crippen LogP contribution >= 0.6 is 38.5 Å². The van der Waals surface area contributed by atoms with E-state index in [-0.39, 0.29) is 11.9 Å². The van der Waals surface area contributed by atoms with E-state index < -0.39 is 0 Å². The van der Waals surface area contributed by atoms with Gasteiger partial charge in [0.05, 0.1) is 6.04 Å². The van der Waals surface area contributed by atoms with Crippen molar-refractivity contribution in [2.45, 2.75) is 19.4 Å². The lowest BCUT2D eigenvalue weighted by atomic mass is 9.96. The van der Waals surface area contributed by atoms with Crippen molar-refractivity contribution >= 4 is 38.5 Å². The van der Waals surface area contributed by atoms with Gasteiger partial charge in [0.25, 0.3) is 0 Å². The fourth-order valence-corrected chi connectivity index (χ4v) is 3.24. The van der Waals surface area contributed by atoms with Crippen molar-refractivity contribution in [2.24, 2.45) is 5.84 Å². The van der Waals surface area contributed by atoms with E-state index in [4.69, 9.17) is 5.84 Å². The quantitative estimate of drug-likeness (QED) is 0.417. The molecule has 1 atom stereocenters. The van der Waals surface area contributed by atoms with Gasteiger partial charge in [-0.25, -0.2) is 4.39 Å². The van der Waals surface area contributed by atoms with Gasteiger partial charge in [-0.2, -0.15) is 0 Å². The zero-order valence-corrected chi connectivity index (χ0v) is 14.7. The van der Waals surface area contributed by atoms with Crippen LogP contribution < -0.4 is 11.3 Å². The van der Waals surface area contributed by atoms with Gasteiger partial charge in [-0.3, -0.25) is 11.3 Å². The van der Waals surface area contributed by atoms with Crippen molar-refractivity contribution in [1.29, 1.82) is 0 Å². The maximum absolute atomic E-state index is 13.2. The Balaban J connectivity index is 2.31. The third-order valence-corrected chi connectivity index (χ3v) is 4.74. The number of halogens is 3. The smallest absolute Gasteiger partial charge is 0.123 e. The molecule has 0 aliphatic rings. The number of hydrogen-bond donors (Lipinski definition) is 2. The molecule has 106 valence electrons. The number of aryl methyl sites for hydroxylation is 1. The third kappa shape index (κ3) is 3.78. The highest BCUT2D eigenvalue weighted by molar-refractivity contribution is 14.1. The second-order valence-corrected chi connectivity index (χ2v) is 6.74. The first-order valence-electron chi connectivity index (χ1n) is 6.17. The Morgan fingerprint density at radius 1 is 1.30 bits per heavy atom. The molecule has 0 saturated heterocycles. The van der Waals surface area contributed by atoms with Crippen molar-refractivity contribution in [1.82, 2.24) is 5.43 Å². The number of rotatable bonds is 4. The van der Waals surface area contributed by atoms with Gasteiger partial charge in [-0.05, 0) is 83.0 Å². The molecule has 2 aromatic carbocycles. The second-order valence-electron chi connectivity index (χ2n) is 4.66. The minimum absolute atomic E-state index is 0.0106. The number of nitrogens with one attached hydrogen (secondary N) is 1. The van der Waals surface area contributed by atoms with Gasteiger partial charge in [0.1, 0.15) is 5.82 Å². The Kier molecular flexibility index (Phi) is 5.54. The molecule has 0 bridgehead atoms. The summed E-state index contributed by atoms with van der Waals surface area (Å²) in [6.45, 7) is 1.91. The van der Waals surface area contributed by atoms with Gasteiger partial charge >= 0.3 is 0 Å². The normalized spacial score (nSPS) is 12.4. The Labute approximate surface area is 140 Å². The van der Waals surface area contributed by atoms with Crippen LogP contribution in [0.4, 0.5) is 4.39 Å². The molecule has 0 aliphatic heterocycles. The molecule has 0 amide bonds. The molecule has 0 radical (unpaired) electrons. The first kappa shape index (κ1) is 15.9. The van der Waals surface area contributed by atoms with Gasteiger partial charge in [0, 0.05) is 8.04 Å². The summed E-state index contributed by atoms with van der Waals surface area (Å²) in [7, 11) is 0. The Morgan fingerprint density at radius 2 is 2.05 bits per heavy atom. The molecule has 20 heavy (non-hydrogen) atoms. The Bertz CT molecular complexity index is 619. The Hall–Kier alpha value is -0.500. The molecular weight excluding hydrogens is 434 g/mol. The van der Waals surface area contributed by atoms with Gasteiger partial charge in [0.15, 0.2) is 0 Å². The lowest BCUT2D eigenvalue weighted by molar-refractivity contribution is 0.547. The van der Waals surface area contributed by atoms with E-state index in [1.165, 1.54) is 6.07 Å². The highest BCUT2D eigenvalue weighted by atomic mass is 127. The minimum Gasteiger partial charge on any atom is -0.271 e. The van der Waals surface area contributed by atoms with Crippen LogP contribution in [0.3, 0.4) is 0 Å². The average Bonchev–Trinajstić information content (AvgIpc) is 2.41. The molecule has 2 aromatic rings. The van der Waals surface area contributed by atoms with Gasteiger partial charge in [-0.15, -0.1) is 0 Å². The fraction of sp³-hybridized carbons (Fsp3) is 0.200. The van der Waals surface area contributed by atoms with E-state index in [9.17, 15) is 4.39 Å². The maximum atomic E-state index is 13.2. The van der Waals surface area contributed by atoms with Crippen molar-refractivity contribution < 1.29 is 4.39 Å².